The number of carboxylic acids is 1. The predicted octanol–water partition coefficient (Wildman–Crippen LogP) is 5.87. The number of carboxylic acid groups (broad SMARTS) is 1. The van der Waals surface area contributed by atoms with E-state index in [1.54, 1.807) is 37.3 Å². The number of thiazole rings is 1. The van der Waals surface area contributed by atoms with Crippen LogP contribution in [0.15, 0.2) is 112 Å². The highest BCUT2D eigenvalue weighted by Gasteiger charge is 2.35. The molecule has 0 aliphatic carbocycles. The Morgan fingerprint density at radius 3 is 2.42 bits per heavy atom. The van der Waals surface area contributed by atoms with E-state index in [1.807, 2.05) is 60.7 Å². The molecule has 6 rings (SSSR count). The van der Waals surface area contributed by atoms with E-state index < -0.39 is 18.0 Å². The minimum absolute atomic E-state index is 0.0567. The average Bonchev–Trinajstić information content (AvgIpc) is 3.41. The van der Waals surface area contributed by atoms with Gasteiger partial charge in [-0.25, -0.2) is 14.6 Å². The van der Waals surface area contributed by atoms with Gasteiger partial charge in [0.05, 0.1) is 46.1 Å². The molecule has 48 heavy (non-hydrogen) atoms. The summed E-state index contributed by atoms with van der Waals surface area (Å²) in [7, 11) is 1.48. The van der Waals surface area contributed by atoms with Gasteiger partial charge in [-0.1, -0.05) is 95.7 Å². The molecule has 1 N–H and O–H groups in total. The van der Waals surface area contributed by atoms with E-state index in [1.165, 1.54) is 35.1 Å². The SMILES string of the molecule is CCOC(=O)C1=C(c2ccccc2)N=c2s/c(=C/c3cc(Cl)c(OCc4cccc(C(=O)O)c4)c(OC)c3)c(=O)n2[C@H]1c1ccccc1. The molecule has 2 heterocycles. The summed E-state index contributed by atoms with van der Waals surface area (Å²) in [6.07, 6.45) is 1.69. The molecular weight excluding hydrogens is 652 g/mol. The van der Waals surface area contributed by atoms with Crippen molar-refractivity contribution in [3.63, 3.8) is 0 Å². The van der Waals surface area contributed by atoms with Crippen molar-refractivity contribution in [3.05, 3.63) is 155 Å². The van der Waals surface area contributed by atoms with Crippen molar-refractivity contribution in [2.24, 2.45) is 4.99 Å². The van der Waals surface area contributed by atoms with Gasteiger partial charge in [-0.15, -0.1) is 0 Å². The van der Waals surface area contributed by atoms with E-state index in [-0.39, 0.29) is 40.7 Å². The lowest BCUT2D eigenvalue weighted by Gasteiger charge is -2.25. The van der Waals surface area contributed by atoms with Gasteiger partial charge < -0.3 is 19.3 Å². The lowest BCUT2D eigenvalue weighted by molar-refractivity contribution is -0.138. The molecule has 0 unspecified atom stereocenters. The van der Waals surface area contributed by atoms with Gasteiger partial charge in [-0.2, -0.15) is 0 Å². The van der Waals surface area contributed by atoms with E-state index in [0.29, 0.717) is 31.9 Å². The number of aromatic carboxylic acids is 1. The van der Waals surface area contributed by atoms with E-state index in [2.05, 4.69) is 0 Å². The van der Waals surface area contributed by atoms with Crippen molar-refractivity contribution in [2.45, 2.75) is 19.6 Å². The number of fused-ring (bicyclic) bond motifs is 1. The number of hydrogen-bond acceptors (Lipinski definition) is 8. The first-order chi connectivity index (χ1) is 23.3. The number of methoxy groups -OCH3 is 1. The summed E-state index contributed by atoms with van der Waals surface area (Å²) in [5.74, 6) is -0.987. The number of benzene rings is 4. The molecule has 0 spiro atoms. The quantitative estimate of drug-likeness (QED) is 0.183. The Balaban J connectivity index is 1.45. The van der Waals surface area contributed by atoms with Crippen molar-refractivity contribution in [3.8, 4) is 11.5 Å². The zero-order valence-electron chi connectivity index (χ0n) is 25.9. The fourth-order valence-electron chi connectivity index (χ4n) is 5.46. The number of carbonyl (C=O) groups is 2. The summed E-state index contributed by atoms with van der Waals surface area (Å²) in [6, 6.07) is 27.7. The molecule has 0 saturated heterocycles. The molecule has 0 amide bonds. The lowest BCUT2D eigenvalue weighted by atomic mass is 9.93. The minimum atomic E-state index is -1.04. The number of aromatic nitrogens is 1. The van der Waals surface area contributed by atoms with Crippen molar-refractivity contribution in [1.82, 2.24) is 4.57 Å². The Morgan fingerprint density at radius 2 is 1.73 bits per heavy atom. The second-order valence-electron chi connectivity index (χ2n) is 10.7. The van der Waals surface area contributed by atoms with Crippen LogP contribution >= 0.6 is 22.9 Å². The largest absolute Gasteiger partial charge is 0.493 e. The van der Waals surface area contributed by atoms with Crippen molar-refractivity contribution < 1.29 is 28.9 Å². The molecule has 1 aromatic heterocycles. The van der Waals surface area contributed by atoms with Crippen LogP contribution in [0.4, 0.5) is 0 Å². The molecular formula is C37H29ClN2O7S. The summed E-state index contributed by atoms with van der Waals surface area (Å²) in [4.78, 5) is 44.4. The van der Waals surface area contributed by atoms with Crippen LogP contribution in [0.2, 0.25) is 5.02 Å². The number of esters is 1. The van der Waals surface area contributed by atoms with Gasteiger partial charge in [-0.3, -0.25) is 9.36 Å². The third-order valence-corrected chi connectivity index (χ3v) is 8.86. The van der Waals surface area contributed by atoms with Crippen LogP contribution in [-0.2, 0) is 16.1 Å². The second-order valence-corrected chi connectivity index (χ2v) is 12.1. The molecule has 4 aromatic carbocycles. The number of halogens is 1. The third kappa shape index (κ3) is 6.53. The third-order valence-electron chi connectivity index (χ3n) is 7.60. The van der Waals surface area contributed by atoms with E-state index in [0.717, 1.165) is 11.1 Å². The highest BCUT2D eigenvalue weighted by molar-refractivity contribution is 7.07. The summed E-state index contributed by atoms with van der Waals surface area (Å²) < 4.78 is 19.0. The Labute approximate surface area is 284 Å². The Morgan fingerprint density at radius 1 is 1.00 bits per heavy atom. The maximum absolute atomic E-state index is 14.2. The van der Waals surface area contributed by atoms with Crippen LogP contribution < -0.4 is 24.4 Å². The summed E-state index contributed by atoms with van der Waals surface area (Å²) in [5.41, 5.74) is 3.19. The highest BCUT2D eigenvalue weighted by atomic mass is 35.5. The van der Waals surface area contributed by atoms with E-state index in [9.17, 15) is 19.5 Å². The van der Waals surface area contributed by atoms with Gasteiger partial charge in [0.2, 0.25) is 0 Å². The Kier molecular flexibility index (Phi) is 9.56. The van der Waals surface area contributed by atoms with Gasteiger partial charge in [-0.05, 0) is 54.0 Å². The summed E-state index contributed by atoms with van der Waals surface area (Å²) in [5, 5.41) is 9.54. The number of hydrogen-bond donors (Lipinski definition) is 1. The monoisotopic (exact) mass is 680 g/mol. The van der Waals surface area contributed by atoms with Crippen molar-refractivity contribution in [1.29, 1.82) is 0 Å². The zero-order valence-corrected chi connectivity index (χ0v) is 27.5. The maximum atomic E-state index is 14.2. The normalized spacial score (nSPS) is 14.2. The maximum Gasteiger partial charge on any atom is 0.338 e. The highest BCUT2D eigenvalue weighted by Crippen LogP contribution is 2.38. The van der Waals surface area contributed by atoms with Gasteiger partial charge >= 0.3 is 11.9 Å². The van der Waals surface area contributed by atoms with Gasteiger partial charge in [0.15, 0.2) is 16.3 Å². The van der Waals surface area contributed by atoms with Crippen LogP contribution in [-0.4, -0.2) is 35.3 Å². The topological polar surface area (TPSA) is 116 Å². The van der Waals surface area contributed by atoms with Crippen LogP contribution in [0, 0.1) is 0 Å². The van der Waals surface area contributed by atoms with Gasteiger partial charge in [0, 0.05) is 5.56 Å². The average molecular weight is 681 g/mol. The molecule has 1 atom stereocenters. The number of ether oxygens (including phenoxy) is 3. The fourth-order valence-corrected chi connectivity index (χ4v) is 6.73. The zero-order chi connectivity index (χ0) is 33.8. The minimum Gasteiger partial charge on any atom is -0.493 e. The molecule has 0 fully saturated rings. The standard InChI is InChI=1S/C37H29ClN2O7S/c1-3-46-36(44)30-31(24-12-6-4-7-13-24)39-37-40(32(30)25-14-8-5-9-15-25)34(41)29(48-37)20-23-18-27(38)33(28(19-23)45-2)47-21-22-11-10-16-26(17-22)35(42)43/h4-20,32H,3,21H2,1-2H3,(H,42,43)/b29-20+/t32-/m0/s1. The smallest absolute Gasteiger partial charge is 0.338 e. The summed E-state index contributed by atoms with van der Waals surface area (Å²) in [6.45, 7) is 1.95. The first-order valence-electron chi connectivity index (χ1n) is 14.9. The molecule has 5 aromatic rings. The number of nitrogens with zero attached hydrogens (tertiary/aromatic N) is 2. The molecule has 0 saturated carbocycles. The van der Waals surface area contributed by atoms with E-state index >= 15 is 0 Å². The van der Waals surface area contributed by atoms with Crippen LogP contribution in [0.5, 0.6) is 11.5 Å². The van der Waals surface area contributed by atoms with E-state index in [4.69, 9.17) is 30.8 Å². The van der Waals surface area contributed by atoms with Gasteiger partial charge in [0.1, 0.15) is 6.61 Å². The van der Waals surface area contributed by atoms with Crippen LogP contribution in [0.1, 0.15) is 45.6 Å². The second kappa shape index (κ2) is 14.1. The number of carbonyl (C=O) groups excluding carboxylic acids is 1. The van der Waals surface area contributed by atoms with Gasteiger partial charge in [0.25, 0.3) is 5.56 Å². The molecule has 9 nitrogen and oxygen atoms in total. The fraction of sp³-hybridized carbons (Fsp3) is 0.135. The molecule has 0 radical (unpaired) electrons. The Bertz CT molecular complexity index is 2230. The first-order valence-corrected chi connectivity index (χ1v) is 16.1. The summed E-state index contributed by atoms with van der Waals surface area (Å²) >= 11 is 7.86. The molecule has 0 bridgehead atoms. The molecule has 1 aliphatic rings. The van der Waals surface area contributed by atoms with Crippen LogP contribution in [0.25, 0.3) is 11.8 Å². The molecule has 1 aliphatic heterocycles. The number of rotatable bonds is 10. The molecule has 242 valence electrons. The van der Waals surface area contributed by atoms with Crippen molar-refractivity contribution in [2.75, 3.05) is 13.7 Å². The predicted molar refractivity (Wildman–Crippen MR) is 183 cm³/mol. The Hall–Kier alpha value is -5.45. The first kappa shape index (κ1) is 32.5. The lowest BCUT2D eigenvalue weighted by Crippen LogP contribution is -2.39. The van der Waals surface area contributed by atoms with Crippen LogP contribution in [0.3, 0.4) is 0 Å². The van der Waals surface area contributed by atoms with Crippen molar-refractivity contribution >= 4 is 46.6 Å². The molecule has 11 heteroatoms.